The van der Waals surface area contributed by atoms with Gasteiger partial charge in [0.25, 0.3) is 5.56 Å². The van der Waals surface area contributed by atoms with Crippen molar-refractivity contribution >= 4 is 43.7 Å². The Morgan fingerprint density at radius 1 is 1.23 bits per heavy atom. The molecule has 8 heteroatoms. The molecule has 1 fully saturated rings. The molecule has 1 aliphatic rings. The zero-order chi connectivity index (χ0) is 21.6. The van der Waals surface area contributed by atoms with Gasteiger partial charge in [0, 0.05) is 22.9 Å². The van der Waals surface area contributed by atoms with Crippen LogP contribution in [0.2, 0.25) is 0 Å². The standard InChI is InChI=1S/C22H24BrN3O4/c1-22(2,3)30-21(29)25-9-8-18(27)17(11-25)26-12-24-19-14-7-5-4-6-13(14)16(23)10-15(19)20(26)28/h4-7,10,12,17-18,27H,8-9,11H2,1-3H3/t17-,18-/m0/s1. The van der Waals surface area contributed by atoms with E-state index in [-0.39, 0.29) is 12.1 Å². The van der Waals surface area contributed by atoms with Gasteiger partial charge in [-0.2, -0.15) is 0 Å². The third-order valence-corrected chi connectivity index (χ3v) is 5.95. The smallest absolute Gasteiger partial charge is 0.410 e. The second kappa shape index (κ2) is 7.67. The number of likely N-dealkylation sites (tertiary alicyclic amines) is 1. The molecule has 0 saturated carbocycles. The Bertz CT molecular complexity index is 1180. The first-order valence-corrected chi connectivity index (χ1v) is 10.7. The Morgan fingerprint density at radius 3 is 2.63 bits per heavy atom. The lowest BCUT2D eigenvalue weighted by molar-refractivity contribution is -0.00610. The van der Waals surface area contributed by atoms with Crippen LogP contribution in [0, 0.1) is 0 Å². The SMILES string of the molecule is CC(C)(C)OC(=O)N1CC[C@H](O)[C@@H](n2cnc3c(cc(Br)c4ccccc43)c2=O)C1. The van der Waals surface area contributed by atoms with Crippen LogP contribution in [0.1, 0.15) is 33.2 Å². The summed E-state index contributed by atoms with van der Waals surface area (Å²) in [5.41, 5.74) is -0.247. The summed E-state index contributed by atoms with van der Waals surface area (Å²) in [5.74, 6) is 0. The number of aromatic nitrogens is 2. The number of hydrogen-bond donors (Lipinski definition) is 1. The number of carbonyl (C=O) groups is 1. The van der Waals surface area contributed by atoms with E-state index in [0.29, 0.717) is 23.9 Å². The monoisotopic (exact) mass is 473 g/mol. The number of ether oxygens (including phenoxy) is 1. The summed E-state index contributed by atoms with van der Waals surface area (Å²) in [5, 5.41) is 12.9. The summed E-state index contributed by atoms with van der Waals surface area (Å²) in [6.07, 6.45) is 0.618. The van der Waals surface area contributed by atoms with Gasteiger partial charge >= 0.3 is 6.09 Å². The summed E-state index contributed by atoms with van der Waals surface area (Å²) in [4.78, 5) is 31.9. The normalized spacial score (nSPS) is 20.0. The van der Waals surface area contributed by atoms with Crippen LogP contribution in [0.15, 0.2) is 45.9 Å². The minimum atomic E-state index is -0.760. The Morgan fingerprint density at radius 2 is 1.93 bits per heavy atom. The third-order valence-electron chi connectivity index (χ3n) is 5.30. The van der Waals surface area contributed by atoms with Crippen molar-refractivity contribution in [2.24, 2.45) is 0 Å². The first-order chi connectivity index (χ1) is 14.2. The summed E-state index contributed by atoms with van der Waals surface area (Å²) in [6.45, 7) is 5.97. The largest absolute Gasteiger partial charge is 0.444 e. The molecule has 3 aromatic rings. The maximum Gasteiger partial charge on any atom is 0.410 e. The first-order valence-electron chi connectivity index (χ1n) is 9.90. The molecule has 1 aromatic heterocycles. The van der Waals surface area contributed by atoms with Crippen molar-refractivity contribution in [3.05, 3.63) is 51.5 Å². The number of amides is 1. The van der Waals surface area contributed by atoms with Crippen LogP contribution < -0.4 is 5.56 Å². The molecular formula is C22H24BrN3O4. The van der Waals surface area contributed by atoms with E-state index < -0.39 is 23.8 Å². The lowest BCUT2D eigenvalue weighted by atomic mass is 10.0. The second-order valence-corrected chi connectivity index (χ2v) is 9.46. The highest BCUT2D eigenvalue weighted by molar-refractivity contribution is 9.10. The fraction of sp³-hybridized carbons (Fsp3) is 0.409. The number of aliphatic hydroxyl groups is 1. The molecule has 7 nitrogen and oxygen atoms in total. The molecule has 1 amide bonds. The molecular weight excluding hydrogens is 450 g/mol. The van der Waals surface area contributed by atoms with Gasteiger partial charge in [0.05, 0.1) is 29.4 Å². The zero-order valence-electron chi connectivity index (χ0n) is 17.1. The fourth-order valence-electron chi connectivity index (χ4n) is 3.85. The summed E-state index contributed by atoms with van der Waals surface area (Å²) in [7, 11) is 0. The minimum absolute atomic E-state index is 0.178. The number of benzene rings is 2. The molecule has 1 aliphatic heterocycles. The highest BCUT2D eigenvalue weighted by Crippen LogP contribution is 2.30. The average molecular weight is 474 g/mol. The molecule has 2 aromatic carbocycles. The zero-order valence-corrected chi connectivity index (χ0v) is 18.7. The third kappa shape index (κ3) is 3.81. The van der Waals surface area contributed by atoms with Gasteiger partial charge < -0.3 is 14.7 Å². The van der Waals surface area contributed by atoms with E-state index in [1.54, 1.807) is 26.8 Å². The minimum Gasteiger partial charge on any atom is -0.444 e. The van der Waals surface area contributed by atoms with Crippen molar-refractivity contribution in [2.45, 2.75) is 44.9 Å². The van der Waals surface area contributed by atoms with E-state index in [2.05, 4.69) is 20.9 Å². The Labute approximate surface area is 182 Å². The Kier molecular flexibility index (Phi) is 5.32. The summed E-state index contributed by atoms with van der Waals surface area (Å²) >= 11 is 3.55. The van der Waals surface area contributed by atoms with Crippen LogP contribution in [-0.2, 0) is 4.74 Å². The molecule has 0 spiro atoms. The number of aliphatic hydroxyl groups excluding tert-OH is 1. The number of rotatable bonds is 1. The maximum atomic E-state index is 13.3. The number of hydrogen-bond acceptors (Lipinski definition) is 5. The summed E-state index contributed by atoms with van der Waals surface area (Å²) < 4.78 is 7.70. The van der Waals surface area contributed by atoms with Gasteiger partial charge in [0.15, 0.2) is 0 Å². The van der Waals surface area contributed by atoms with E-state index in [1.807, 2.05) is 24.3 Å². The summed E-state index contributed by atoms with van der Waals surface area (Å²) in [6, 6.07) is 8.91. The number of carbonyl (C=O) groups excluding carboxylic acids is 1. The fourth-order valence-corrected chi connectivity index (χ4v) is 4.43. The van der Waals surface area contributed by atoms with Gasteiger partial charge in [-0.3, -0.25) is 9.36 Å². The highest BCUT2D eigenvalue weighted by atomic mass is 79.9. The molecule has 0 bridgehead atoms. The van der Waals surface area contributed by atoms with Gasteiger partial charge in [-0.15, -0.1) is 0 Å². The van der Waals surface area contributed by atoms with Crippen molar-refractivity contribution in [2.75, 3.05) is 13.1 Å². The van der Waals surface area contributed by atoms with Gasteiger partial charge in [-0.05, 0) is 38.6 Å². The van der Waals surface area contributed by atoms with Gasteiger partial charge in [0.2, 0.25) is 0 Å². The molecule has 158 valence electrons. The molecule has 30 heavy (non-hydrogen) atoms. The lowest BCUT2D eigenvalue weighted by Crippen LogP contribution is -2.50. The van der Waals surface area contributed by atoms with Crippen LogP contribution in [0.5, 0.6) is 0 Å². The van der Waals surface area contributed by atoms with E-state index in [9.17, 15) is 14.7 Å². The van der Waals surface area contributed by atoms with Crippen LogP contribution in [0.3, 0.4) is 0 Å². The molecule has 1 saturated heterocycles. The van der Waals surface area contributed by atoms with Crippen LogP contribution in [0.25, 0.3) is 21.7 Å². The highest BCUT2D eigenvalue weighted by Gasteiger charge is 2.34. The second-order valence-electron chi connectivity index (χ2n) is 8.61. The van der Waals surface area contributed by atoms with Crippen LogP contribution in [-0.4, -0.2) is 50.4 Å². The number of nitrogens with zero attached hydrogens (tertiary/aromatic N) is 3. The van der Waals surface area contributed by atoms with Crippen molar-refractivity contribution in [3.63, 3.8) is 0 Å². The van der Waals surface area contributed by atoms with Crippen molar-refractivity contribution in [1.29, 1.82) is 0 Å². The number of piperidine rings is 1. The molecule has 2 atom stereocenters. The quantitative estimate of drug-likeness (QED) is 0.542. The first kappa shape index (κ1) is 20.8. The van der Waals surface area contributed by atoms with Crippen molar-refractivity contribution in [3.8, 4) is 0 Å². The Balaban J connectivity index is 1.75. The maximum absolute atomic E-state index is 13.3. The average Bonchev–Trinajstić information content (AvgIpc) is 2.68. The van der Waals surface area contributed by atoms with Crippen molar-refractivity contribution < 1.29 is 14.6 Å². The lowest BCUT2D eigenvalue weighted by Gasteiger charge is -2.37. The van der Waals surface area contributed by atoms with E-state index in [1.165, 1.54) is 15.8 Å². The Hall–Kier alpha value is -2.45. The number of halogens is 1. The van der Waals surface area contributed by atoms with Crippen LogP contribution >= 0.6 is 15.9 Å². The molecule has 1 N–H and O–H groups in total. The van der Waals surface area contributed by atoms with Crippen molar-refractivity contribution in [1.82, 2.24) is 14.5 Å². The topological polar surface area (TPSA) is 84.7 Å². The molecule has 0 unspecified atom stereocenters. The number of fused-ring (bicyclic) bond motifs is 3. The molecule has 0 radical (unpaired) electrons. The van der Waals surface area contributed by atoms with Gasteiger partial charge in [-0.25, -0.2) is 9.78 Å². The van der Waals surface area contributed by atoms with E-state index in [0.717, 1.165) is 15.2 Å². The van der Waals surface area contributed by atoms with E-state index in [4.69, 9.17) is 4.74 Å². The van der Waals surface area contributed by atoms with Crippen LogP contribution in [0.4, 0.5) is 4.79 Å². The predicted molar refractivity (Wildman–Crippen MR) is 119 cm³/mol. The predicted octanol–water partition coefficient (Wildman–Crippen LogP) is 3.86. The van der Waals surface area contributed by atoms with Gasteiger partial charge in [0.1, 0.15) is 5.60 Å². The molecule has 4 rings (SSSR count). The molecule has 2 heterocycles. The van der Waals surface area contributed by atoms with E-state index >= 15 is 0 Å². The molecule has 0 aliphatic carbocycles. The van der Waals surface area contributed by atoms with Gasteiger partial charge in [-0.1, -0.05) is 40.2 Å².